The van der Waals surface area contributed by atoms with Crippen LogP contribution in [0.3, 0.4) is 0 Å². The van der Waals surface area contributed by atoms with Gasteiger partial charge in [0.25, 0.3) is 0 Å². The van der Waals surface area contributed by atoms with Crippen LogP contribution in [0.15, 0.2) is 0 Å². The molecule has 14 heavy (non-hydrogen) atoms. The maximum atomic E-state index is 12.0. The Morgan fingerprint density at radius 1 is 1.50 bits per heavy atom. The van der Waals surface area contributed by atoms with Crippen LogP contribution >= 0.6 is 15.9 Å². The third-order valence-electron chi connectivity index (χ3n) is 2.56. The Morgan fingerprint density at radius 2 is 2.07 bits per heavy atom. The van der Waals surface area contributed by atoms with Crippen LogP contribution in [0, 0.1) is 5.92 Å². The summed E-state index contributed by atoms with van der Waals surface area (Å²) in [5.74, 6) is 0.657. The molecule has 0 heterocycles. The third-order valence-corrected chi connectivity index (χ3v) is 4.01. The number of hydrogen-bond acceptors (Lipinski definition) is 1. The van der Waals surface area contributed by atoms with Crippen LogP contribution in [-0.2, 0) is 4.79 Å². The molecule has 0 aliphatic heterocycles. The van der Waals surface area contributed by atoms with Crippen molar-refractivity contribution >= 4 is 21.8 Å². The number of amides is 1. The predicted molar refractivity (Wildman–Crippen MR) is 62.6 cm³/mol. The monoisotopic (exact) mass is 261 g/mol. The minimum atomic E-state index is -0.00495. The number of carbonyl (C=O) groups is 1. The topological polar surface area (TPSA) is 20.3 Å². The highest BCUT2D eigenvalue weighted by Crippen LogP contribution is 2.29. The van der Waals surface area contributed by atoms with Crippen LogP contribution in [0.4, 0.5) is 0 Å². The Kier molecular flexibility index (Phi) is 4.42. The van der Waals surface area contributed by atoms with E-state index in [9.17, 15) is 4.79 Å². The van der Waals surface area contributed by atoms with E-state index < -0.39 is 0 Å². The molecule has 0 N–H and O–H groups in total. The average Bonchev–Trinajstić information content (AvgIpc) is 2.95. The first-order valence-electron chi connectivity index (χ1n) is 5.52. The number of hydrogen-bond donors (Lipinski definition) is 0. The van der Waals surface area contributed by atoms with E-state index in [1.807, 2.05) is 0 Å². The normalized spacial score (nSPS) is 18.4. The highest BCUT2D eigenvalue weighted by atomic mass is 79.9. The Morgan fingerprint density at radius 3 is 2.43 bits per heavy atom. The van der Waals surface area contributed by atoms with Gasteiger partial charge in [0.2, 0.25) is 5.91 Å². The van der Waals surface area contributed by atoms with Gasteiger partial charge >= 0.3 is 0 Å². The van der Waals surface area contributed by atoms with Crippen LogP contribution in [-0.4, -0.2) is 28.2 Å². The molecule has 1 rings (SSSR count). The van der Waals surface area contributed by atoms with E-state index in [4.69, 9.17) is 0 Å². The predicted octanol–water partition coefficient (Wildman–Crippen LogP) is 2.81. The summed E-state index contributed by atoms with van der Waals surface area (Å²) in [6, 6.07) is 0.543. The molecule has 1 aliphatic rings. The zero-order chi connectivity index (χ0) is 10.7. The number of halogens is 1. The Hall–Kier alpha value is -0.0500. The number of alkyl halides is 1. The SMILES string of the molecule is CCCN(C(=O)C(Br)C(C)C)C1CC1. The van der Waals surface area contributed by atoms with Crippen molar-refractivity contribution in [2.24, 2.45) is 5.92 Å². The van der Waals surface area contributed by atoms with Gasteiger partial charge in [-0.1, -0.05) is 36.7 Å². The summed E-state index contributed by atoms with van der Waals surface area (Å²) < 4.78 is 0. The fourth-order valence-electron chi connectivity index (χ4n) is 1.54. The molecule has 0 aromatic rings. The van der Waals surface area contributed by atoms with Crippen molar-refractivity contribution in [3.63, 3.8) is 0 Å². The number of carbonyl (C=O) groups excluding carboxylic acids is 1. The van der Waals surface area contributed by atoms with Crippen LogP contribution in [0.25, 0.3) is 0 Å². The smallest absolute Gasteiger partial charge is 0.236 e. The van der Waals surface area contributed by atoms with Gasteiger partial charge in [-0.3, -0.25) is 4.79 Å². The maximum absolute atomic E-state index is 12.0. The number of nitrogens with zero attached hydrogens (tertiary/aromatic N) is 1. The minimum absolute atomic E-state index is 0.00495. The summed E-state index contributed by atoms with van der Waals surface area (Å²) in [4.78, 5) is 14.1. The van der Waals surface area contributed by atoms with E-state index >= 15 is 0 Å². The van der Waals surface area contributed by atoms with Gasteiger partial charge in [0.1, 0.15) is 0 Å². The third kappa shape index (κ3) is 2.97. The minimum Gasteiger partial charge on any atom is -0.339 e. The van der Waals surface area contributed by atoms with Crippen molar-refractivity contribution in [1.82, 2.24) is 4.90 Å². The van der Waals surface area contributed by atoms with Crippen molar-refractivity contribution in [2.75, 3.05) is 6.54 Å². The van der Waals surface area contributed by atoms with E-state index in [1.54, 1.807) is 0 Å². The summed E-state index contributed by atoms with van der Waals surface area (Å²) in [6.45, 7) is 7.20. The first-order chi connectivity index (χ1) is 6.57. The molecule has 2 nitrogen and oxygen atoms in total. The summed E-state index contributed by atoms with van der Waals surface area (Å²) in [5.41, 5.74) is 0. The standard InChI is InChI=1S/C11H20BrNO/c1-4-7-13(9-5-6-9)11(14)10(12)8(2)3/h8-10H,4-7H2,1-3H3. The molecular formula is C11H20BrNO. The zero-order valence-corrected chi connectivity index (χ0v) is 10.9. The second-order valence-corrected chi connectivity index (χ2v) is 5.40. The molecule has 0 radical (unpaired) electrons. The molecule has 0 aromatic carbocycles. The van der Waals surface area contributed by atoms with Crippen molar-refractivity contribution in [3.05, 3.63) is 0 Å². The van der Waals surface area contributed by atoms with Crippen molar-refractivity contribution < 1.29 is 4.79 Å². The van der Waals surface area contributed by atoms with Crippen molar-refractivity contribution in [3.8, 4) is 0 Å². The average molecular weight is 262 g/mol. The van der Waals surface area contributed by atoms with Crippen LogP contribution in [0.5, 0.6) is 0 Å². The second kappa shape index (κ2) is 5.15. The zero-order valence-electron chi connectivity index (χ0n) is 9.29. The fraction of sp³-hybridized carbons (Fsp3) is 0.909. The molecule has 0 aromatic heterocycles. The van der Waals surface area contributed by atoms with Crippen LogP contribution in [0.1, 0.15) is 40.0 Å². The van der Waals surface area contributed by atoms with Crippen LogP contribution < -0.4 is 0 Å². The first-order valence-corrected chi connectivity index (χ1v) is 6.44. The van der Waals surface area contributed by atoms with Crippen molar-refractivity contribution in [1.29, 1.82) is 0 Å². The lowest BCUT2D eigenvalue weighted by Gasteiger charge is -2.26. The highest BCUT2D eigenvalue weighted by Gasteiger charge is 2.35. The molecule has 1 fully saturated rings. The molecule has 1 saturated carbocycles. The van der Waals surface area contributed by atoms with Gasteiger partial charge in [0.15, 0.2) is 0 Å². The maximum Gasteiger partial charge on any atom is 0.236 e. The van der Waals surface area contributed by atoms with Gasteiger partial charge < -0.3 is 4.90 Å². The van der Waals surface area contributed by atoms with E-state index in [0.29, 0.717) is 12.0 Å². The fourth-order valence-corrected chi connectivity index (χ4v) is 1.81. The lowest BCUT2D eigenvalue weighted by Crippen LogP contribution is -2.40. The van der Waals surface area contributed by atoms with E-state index in [0.717, 1.165) is 13.0 Å². The lowest BCUT2D eigenvalue weighted by molar-refractivity contribution is -0.131. The Bertz CT molecular complexity index is 201. The first kappa shape index (κ1) is 12.0. The van der Waals surface area contributed by atoms with E-state index in [2.05, 4.69) is 41.6 Å². The largest absolute Gasteiger partial charge is 0.339 e. The quantitative estimate of drug-likeness (QED) is 0.698. The van der Waals surface area contributed by atoms with Gasteiger partial charge in [0.05, 0.1) is 4.83 Å². The lowest BCUT2D eigenvalue weighted by atomic mass is 10.1. The number of rotatable bonds is 5. The molecule has 1 unspecified atom stereocenters. The molecule has 3 heteroatoms. The van der Waals surface area contributed by atoms with Gasteiger partial charge in [-0.05, 0) is 25.2 Å². The molecule has 1 amide bonds. The van der Waals surface area contributed by atoms with Crippen LogP contribution in [0.2, 0.25) is 0 Å². The van der Waals surface area contributed by atoms with Gasteiger partial charge in [-0.2, -0.15) is 0 Å². The van der Waals surface area contributed by atoms with Gasteiger partial charge in [-0.15, -0.1) is 0 Å². The molecule has 82 valence electrons. The molecule has 1 aliphatic carbocycles. The highest BCUT2D eigenvalue weighted by molar-refractivity contribution is 9.10. The molecule has 0 saturated heterocycles. The Balaban J connectivity index is 2.53. The van der Waals surface area contributed by atoms with E-state index in [-0.39, 0.29) is 10.7 Å². The Labute approximate surface area is 95.2 Å². The summed E-state index contributed by atoms with van der Waals surface area (Å²) in [5, 5.41) is 0. The van der Waals surface area contributed by atoms with Gasteiger partial charge in [0, 0.05) is 12.6 Å². The molecular weight excluding hydrogens is 242 g/mol. The summed E-state index contributed by atoms with van der Waals surface area (Å²) in [6.07, 6.45) is 3.45. The molecule has 0 bridgehead atoms. The van der Waals surface area contributed by atoms with Gasteiger partial charge in [-0.25, -0.2) is 0 Å². The summed E-state index contributed by atoms with van der Waals surface area (Å²) in [7, 11) is 0. The summed E-state index contributed by atoms with van der Waals surface area (Å²) >= 11 is 3.48. The van der Waals surface area contributed by atoms with E-state index in [1.165, 1.54) is 12.8 Å². The second-order valence-electron chi connectivity index (χ2n) is 4.41. The molecule has 1 atom stereocenters. The van der Waals surface area contributed by atoms with Crippen molar-refractivity contribution in [2.45, 2.75) is 50.9 Å². The molecule has 0 spiro atoms.